The third-order valence-corrected chi connectivity index (χ3v) is 11.6. The van der Waals surface area contributed by atoms with E-state index in [1.54, 1.807) is 0 Å². The van der Waals surface area contributed by atoms with E-state index in [1.807, 2.05) is 19.9 Å². The number of hydrogen-bond acceptors (Lipinski definition) is 5. The Labute approximate surface area is 222 Å². The topological polar surface area (TPSA) is 104 Å². The molecule has 0 saturated heterocycles. The standard InChI is InChI=1S/C31H48O6/c1-17(2)9-8-10-20(28(35)36)26-22-15-24(34)27-29(5)13-12-23(33)18(3)21(29)11-14-30(27,6)31(22,7)16-25(26)37-19(4)32/h9,18,21-25,27,33-34H,8,10-16H2,1-7H3,(H,35,36)/t18?,21-,22-,23?,24?,25?,27+,29-,30-,31-/m0/s1. The lowest BCUT2D eigenvalue weighted by Crippen LogP contribution is -2.65. The minimum absolute atomic E-state index is 0.0474. The molecule has 3 N–H and O–H groups in total. The molecule has 6 heteroatoms. The molecular weight excluding hydrogens is 468 g/mol. The van der Waals surface area contributed by atoms with Crippen LogP contribution >= 0.6 is 0 Å². The van der Waals surface area contributed by atoms with E-state index in [9.17, 15) is 24.9 Å². The van der Waals surface area contributed by atoms with Crippen LogP contribution in [0.5, 0.6) is 0 Å². The number of fused-ring (bicyclic) bond motifs is 5. The van der Waals surface area contributed by atoms with Gasteiger partial charge in [0.1, 0.15) is 6.10 Å². The Balaban J connectivity index is 1.82. The predicted octanol–water partition coefficient (Wildman–Crippen LogP) is 5.67. The summed E-state index contributed by atoms with van der Waals surface area (Å²) in [6, 6.07) is 0. The van der Waals surface area contributed by atoms with Crippen molar-refractivity contribution in [1.29, 1.82) is 0 Å². The van der Waals surface area contributed by atoms with Crippen LogP contribution in [0.3, 0.4) is 0 Å². The molecule has 4 unspecified atom stereocenters. The highest BCUT2D eigenvalue weighted by Gasteiger charge is 2.70. The highest BCUT2D eigenvalue weighted by atomic mass is 16.5. The molecule has 0 heterocycles. The molecule has 4 rings (SSSR count). The highest BCUT2D eigenvalue weighted by molar-refractivity contribution is 5.88. The Morgan fingerprint density at radius 2 is 1.70 bits per heavy atom. The number of carboxylic acids is 1. The molecule has 4 fully saturated rings. The maximum Gasteiger partial charge on any atom is 0.331 e. The molecule has 0 bridgehead atoms. The van der Waals surface area contributed by atoms with E-state index in [2.05, 4.69) is 27.7 Å². The van der Waals surface area contributed by atoms with Gasteiger partial charge in [0.25, 0.3) is 0 Å². The van der Waals surface area contributed by atoms with E-state index in [0.29, 0.717) is 37.2 Å². The van der Waals surface area contributed by atoms with Gasteiger partial charge in [-0.05, 0) is 111 Å². The van der Waals surface area contributed by atoms with Gasteiger partial charge in [-0.3, -0.25) is 4.79 Å². The molecule has 4 aliphatic carbocycles. The van der Waals surface area contributed by atoms with Crippen molar-refractivity contribution < 1.29 is 29.6 Å². The lowest BCUT2D eigenvalue weighted by atomic mass is 9.36. The zero-order chi connectivity index (χ0) is 27.5. The van der Waals surface area contributed by atoms with Gasteiger partial charge in [0, 0.05) is 12.5 Å². The van der Waals surface area contributed by atoms with Crippen molar-refractivity contribution in [2.45, 2.75) is 118 Å². The molecule has 0 radical (unpaired) electrons. The van der Waals surface area contributed by atoms with Crippen LogP contribution in [0, 0.1) is 39.9 Å². The summed E-state index contributed by atoms with van der Waals surface area (Å²) >= 11 is 0. The number of aliphatic hydroxyl groups is 2. The summed E-state index contributed by atoms with van der Waals surface area (Å²) in [6.07, 6.45) is 6.22. The largest absolute Gasteiger partial charge is 0.478 e. The molecule has 37 heavy (non-hydrogen) atoms. The quantitative estimate of drug-likeness (QED) is 0.247. The molecule has 0 aromatic heterocycles. The summed E-state index contributed by atoms with van der Waals surface area (Å²) in [4.78, 5) is 24.8. The number of carboxylic acid groups (broad SMARTS) is 1. The van der Waals surface area contributed by atoms with Gasteiger partial charge >= 0.3 is 11.9 Å². The van der Waals surface area contributed by atoms with Gasteiger partial charge in [-0.1, -0.05) is 39.3 Å². The first-order valence-electron chi connectivity index (χ1n) is 14.3. The summed E-state index contributed by atoms with van der Waals surface area (Å²) in [5, 5.41) is 32.9. The van der Waals surface area contributed by atoms with E-state index in [4.69, 9.17) is 4.74 Å². The number of carbonyl (C=O) groups excluding carboxylic acids is 1. The van der Waals surface area contributed by atoms with Crippen molar-refractivity contribution in [3.05, 3.63) is 22.8 Å². The first kappa shape index (κ1) is 28.4. The highest BCUT2D eigenvalue weighted by Crippen LogP contribution is 2.74. The number of rotatable bonds is 5. The lowest BCUT2D eigenvalue weighted by Gasteiger charge is -2.69. The Morgan fingerprint density at radius 1 is 1.03 bits per heavy atom. The second kappa shape index (κ2) is 9.82. The SMILES string of the molecule is CC(=O)OC1C[C@@]2(C)[C@@H](CC(O)[C@@H]3[C@@]4(C)CCC(O)C(C)[C@@H]4CC[C@@]32C)C1=C(CCC=C(C)C)C(=O)O. The van der Waals surface area contributed by atoms with Gasteiger partial charge in [0.05, 0.1) is 12.2 Å². The van der Waals surface area contributed by atoms with Crippen LogP contribution in [0.25, 0.3) is 0 Å². The normalized spacial score (nSPS) is 46.2. The molecule has 0 amide bonds. The zero-order valence-electron chi connectivity index (χ0n) is 23.8. The van der Waals surface area contributed by atoms with Crippen molar-refractivity contribution in [3.63, 3.8) is 0 Å². The first-order valence-corrected chi connectivity index (χ1v) is 14.3. The second-order valence-electron chi connectivity index (χ2n) is 13.6. The minimum atomic E-state index is -0.953. The summed E-state index contributed by atoms with van der Waals surface area (Å²) in [5.74, 6) is -0.909. The van der Waals surface area contributed by atoms with Crippen LogP contribution in [0.15, 0.2) is 22.8 Å². The molecule has 4 aliphatic rings. The number of allylic oxidation sites excluding steroid dienone is 2. The van der Waals surface area contributed by atoms with Crippen molar-refractivity contribution in [1.82, 2.24) is 0 Å². The summed E-state index contributed by atoms with van der Waals surface area (Å²) < 4.78 is 5.87. The summed E-state index contributed by atoms with van der Waals surface area (Å²) in [5.41, 5.74) is 1.57. The van der Waals surface area contributed by atoms with Crippen LogP contribution in [0.1, 0.15) is 99.8 Å². The van der Waals surface area contributed by atoms with Crippen LogP contribution < -0.4 is 0 Å². The Bertz CT molecular complexity index is 994. The Morgan fingerprint density at radius 3 is 2.30 bits per heavy atom. The number of carbonyl (C=O) groups is 2. The van der Waals surface area contributed by atoms with Crippen LogP contribution in [-0.4, -0.2) is 45.6 Å². The van der Waals surface area contributed by atoms with Crippen LogP contribution in [-0.2, 0) is 14.3 Å². The predicted molar refractivity (Wildman–Crippen MR) is 143 cm³/mol. The molecule has 0 spiro atoms. The maximum atomic E-state index is 12.6. The van der Waals surface area contributed by atoms with Gasteiger partial charge in [0.2, 0.25) is 0 Å². The fourth-order valence-corrected chi connectivity index (χ4v) is 9.79. The van der Waals surface area contributed by atoms with E-state index >= 15 is 0 Å². The Kier molecular flexibility index (Phi) is 7.53. The molecule has 4 saturated carbocycles. The lowest BCUT2D eigenvalue weighted by molar-refractivity contribution is -0.234. The fraction of sp³-hybridized carbons (Fsp3) is 0.806. The number of esters is 1. The minimum Gasteiger partial charge on any atom is -0.478 e. The number of ether oxygens (including phenoxy) is 1. The summed E-state index contributed by atoms with van der Waals surface area (Å²) in [6.45, 7) is 14.5. The average Bonchev–Trinajstić information content (AvgIpc) is 3.05. The number of aliphatic carboxylic acids is 1. The third kappa shape index (κ3) is 4.40. The van der Waals surface area contributed by atoms with Crippen LogP contribution in [0.4, 0.5) is 0 Å². The molecule has 6 nitrogen and oxygen atoms in total. The smallest absolute Gasteiger partial charge is 0.331 e. The molecular formula is C31H48O6. The third-order valence-electron chi connectivity index (χ3n) is 11.6. The molecule has 10 atom stereocenters. The molecule has 0 aromatic carbocycles. The Hall–Kier alpha value is -1.66. The van der Waals surface area contributed by atoms with Crippen molar-refractivity contribution in [2.24, 2.45) is 39.9 Å². The van der Waals surface area contributed by atoms with Gasteiger partial charge in [-0.15, -0.1) is 0 Å². The van der Waals surface area contributed by atoms with Gasteiger partial charge in [-0.25, -0.2) is 4.79 Å². The number of hydrogen-bond donors (Lipinski definition) is 3. The van der Waals surface area contributed by atoms with Crippen LogP contribution in [0.2, 0.25) is 0 Å². The van der Waals surface area contributed by atoms with E-state index < -0.39 is 24.1 Å². The fourth-order valence-electron chi connectivity index (χ4n) is 9.79. The average molecular weight is 517 g/mol. The van der Waals surface area contributed by atoms with Crippen molar-refractivity contribution in [2.75, 3.05) is 0 Å². The van der Waals surface area contributed by atoms with E-state index in [-0.39, 0.29) is 40.1 Å². The second-order valence-corrected chi connectivity index (χ2v) is 13.6. The number of aliphatic hydroxyl groups excluding tert-OH is 2. The van der Waals surface area contributed by atoms with Gasteiger partial charge in [0.15, 0.2) is 0 Å². The molecule has 0 aliphatic heterocycles. The monoisotopic (exact) mass is 516 g/mol. The van der Waals surface area contributed by atoms with Crippen molar-refractivity contribution in [3.8, 4) is 0 Å². The zero-order valence-corrected chi connectivity index (χ0v) is 23.8. The van der Waals surface area contributed by atoms with E-state index in [1.165, 1.54) is 6.92 Å². The van der Waals surface area contributed by atoms with Crippen molar-refractivity contribution >= 4 is 11.9 Å². The molecule has 208 valence electrons. The summed E-state index contributed by atoms with van der Waals surface area (Å²) in [7, 11) is 0. The maximum absolute atomic E-state index is 12.6. The van der Waals surface area contributed by atoms with Gasteiger partial charge < -0.3 is 20.1 Å². The van der Waals surface area contributed by atoms with E-state index in [0.717, 1.165) is 36.8 Å². The first-order chi connectivity index (χ1) is 17.2. The molecule has 0 aromatic rings. The van der Waals surface area contributed by atoms with Gasteiger partial charge in [-0.2, -0.15) is 0 Å².